The lowest BCUT2D eigenvalue weighted by atomic mass is 9.98. The summed E-state index contributed by atoms with van der Waals surface area (Å²) in [6, 6.07) is 17.3. The molecule has 2 aromatic rings. The Kier molecular flexibility index (Phi) is 7.78. The summed E-state index contributed by atoms with van der Waals surface area (Å²) in [4.78, 5) is 41.9. The summed E-state index contributed by atoms with van der Waals surface area (Å²) >= 11 is 0. The van der Waals surface area contributed by atoms with Crippen molar-refractivity contribution in [3.63, 3.8) is 0 Å². The van der Waals surface area contributed by atoms with E-state index in [9.17, 15) is 14.4 Å². The lowest BCUT2D eigenvalue weighted by Crippen LogP contribution is -2.38. The molecular formula is C28H34N2O4. The van der Waals surface area contributed by atoms with Crippen LogP contribution in [0, 0.1) is 17.8 Å². The second-order valence-electron chi connectivity index (χ2n) is 9.60. The molecule has 2 aliphatic heterocycles. The van der Waals surface area contributed by atoms with E-state index in [0.717, 1.165) is 50.2 Å². The number of anilines is 1. The van der Waals surface area contributed by atoms with Crippen LogP contribution in [0.25, 0.3) is 0 Å². The molecule has 0 spiro atoms. The fourth-order valence-electron chi connectivity index (χ4n) is 4.94. The fourth-order valence-corrected chi connectivity index (χ4v) is 4.94. The summed E-state index contributed by atoms with van der Waals surface area (Å²) in [7, 11) is 0. The highest BCUT2D eigenvalue weighted by atomic mass is 16.5. The highest BCUT2D eigenvalue weighted by Gasteiger charge is 2.44. The van der Waals surface area contributed by atoms with E-state index in [1.54, 1.807) is 38.1 Å². The van der Waals surface area contributed by atoms with Crippen LogP contribution < -0.4 is 4.90 Å². The van der Waals surface area contributed by atoms with E-state index in [1.807, 2.05) is 6.07 Å². The van der Waals surface area contributed by atoms with Crippen molar-refractivity contribution in [1.29, 1.82) is 0 Å². The molecule has 3 atom stereocenters. The first kappa shape index (κ1) is 24.1. The van der Waals surface area contributed by atoms with Crippen LogP contribution in [0.1, 0.15) is 49.0 Å². The number of likely N-dealkylation sites (tertiary alicyclic amines) is 1. The van der Waals surface area contributed by atoms with Crippen LogP contribution >= 0.6 is 0 Å². The quantitative estimate of drug-likeness (QED) is 0.431. The smallest absolute Gasteiger partial charge is 0.340 e. The number of rotatable bonds is 8. The maximum absolute atomic E-state index is 13.0. The molecule has 34 heavy (non-hydrogen) atoms. The highest BCUT2D eigenvalue weighted by molar-refractivity contribution is 6.23. The van der Waals surface area contributed by atoms with E-state index >= 15 is 0 Å². The first-order valence-corrected chi connectivity index (χ1v) is 12.4. The Morgan fingerprint density at radius 1 is 0.971 bits per heavy atom. The molecule has 0 bridgehead atoms. The molecule has 0 N–H and O–H groups in total. The Balaban J connectivity index is 1.32. The summed E-state index contributed by atoms with van der Waals surface area (Å²) in [6.45, 7) is 6.88. The van der Waals surface area contributed by atoms with Gasteiger partial charge >= 0.3 is 5.97 Å². The van der Waals surface area contributed by atoms with Crippen LogP contribution in [-0.2, 0) is 20.7 Å². The van der Waals surface area contributed by atoms with Gasteiger partial charge in [-0.05, 0) is 56.5 Å². The summed E-state index contributed by atoms with van der Waals surface area (Å²) in [5.41, 5.74) is 1.95. The number of nitrogens with zero attached hydrogens (tertiary/aromatic N) is 2. The van der Waals surface area contributed by atoms with Crippen LogP contribution in [-0.4, -0.2) is 48.9 Å². The number of ether oxygens (including phenoxy) is 1. The lowest BCUT2D eigenvalue weighted by molar-refractivity contribution is -0.122. The summed E-state index contributed by atoms with van der Waals surface area (Å²) in [6.07, 6.45) is 4.30. The molecule has 0 radical (unpaired) electrons. The Morgan fingerprint density at radius 3 is 2.38 bits per heavy atom. The molecular weight excluding hydrogens is 428 g/mol. The Hall–Kier alpha value is -2.99. The highest BCUT2D eigenvalue weighted by Crippen LogP contribution is 2.33. The van der Waals surface area contributed by atoms with Crippen molar-refractivity contribution in [1.82, 2.24) is 4.90 Å². The molecule has 0 aromatic heterocycles. The number of hydrogen-bond donors (Lipinski definition) is 0. The summed E-state index contributed by atoms with van der Waals surface area (Å²) in [5, 5.41) is 0. The summed E-state index contributed by atoms with van der Waals surface area (Å²) in [5.74, 6) is -1.52. The maximum Gasteiger partial charge on any atom is 0.340 e. The number of imide groups is 1. The minimum absolute atomic E-state index is 0.265. The van der Waals surface area contributed by atoms with Crippen LogP contribution in [0.4, 0.5) is 5.69 Å². The van der Waals surface area contributed by atoms with Gasteiger partial charge < -0.3 is 9.64 Å². The number of esters is 1. The van der Waals surface area contributed by atoms with Gasteiger partial charge in [-0.3, -0.25) is 9.59 Å². The first-order chi connectivity index (χ1) is 16.5. The number of para-hydroxylation sites is 1. The summed E-state index contributed by atoms with van der Waals surface area (Å²) < 4.78 is 5.70. The van der Waals surface area contributed by atoms with Crippen LogP contribution in [0.2, 0.25) is 0 Å². The van der Waals surface area contributed by atoms with E-state index in [1.165, 1.54) is 5.56 Å². The van der Waals surface area contributed by atoms with Gasteiger partial charge in [-0.15, -0.1) is 0 Å². The normalized spacial score (nSPS) is 23.4. The molecule has 2 aliphatic rings. The zero-order valence-corrected chi connectivity index (χ0v) is 20.1. The van der Waals surface area contributed by atoms with Gasteiger partial charge in [0.2, 0.25) is 11.8 Å². The van der Waals surface area contributed by atoms with Gasteiger partial charge in [0.15, 0.2) is 0 Å². The number of piperidine rings is 1. The van der Waals surface area contributed by atoms with Gasteiger partial charge in [0.05, 0.1) is 17.9 Å². The van der Waals surface area contributed by atoms with E-state index < -0.39 is 17.8 Å². The van der Waals surface area contributed by atoms with Crippen molar-refractivity contribution in [3.8, 4) is 0 Å². The molecule has 180 valence electrons. The van der Waals surface area contributed by atoms with Gasteiger partial charge in [0.25, 0.3) is 0 Å². The number of aryl methyl sites for hydroxylation is 1. The Bertz CT molecular complexity index is 1000. The Labute approximate surface area is 201 Å². The molecule has 6 nitrogen and oxygen atoms in total. The van der Waals surface area contributed by atoms with Crippen LogP contribution in [0.3, 0.4) is 0 Å². The molecule has 4 rings (SSSR count). The average Bonchev–Trinajstić information content (AvgIpc) is 3.06. The number of carbonyl (C=O) groups excluding carboxylic acids is 3. The zero-order valence-electron chi connectivity index (χ0n) is 20.1. The second-order valence-corrected chi connectivity index (χ2v) is 9.60. The molecule has 0 saturated carbocycles. The van der Waals surface area contributed by atoms with Gasteiger partial charge in [0, 0.05) is 24.3 Å². The standard InChI is InChI=1S/C28H34N2O4/c1-20-21(2)27(32)30(26(20)31)25-15-7-6-14-24(25)28(33)34-19-23-13-9-17-29(18-23)16-8-12-22-10-4-3-5-11-22/h3-7,10-11,14-15,20-21,23H,8-9,12-13,16-19H2,1-2H3. The average molecular weight is 463 g/mol. The van der Waals surface area contributed by atoms with Gasteiger partial charge in [0.1, 0.15) is 0 Å². The molecule has 2 fully saturated rings. The molecule has 2 saturated heterocycles. The first-order valence-electron chi connectivity index (χ1n) is 12.4. The second kappa shape index (κ2) is 11.0. The third-order valence-electron chi connectivity index (χ3n) is 7.17. The van der Waals surface area contributed by atoms with Crippen molar-refractivity contribution >= 4 is 23.5 Å². The number of hydrogen-bond acceptors (Lipinski definition) is 5. The monoisotopic (exact) mass is 462 g/mol. The molecule has 6 heteroatoms. The number of amides is 2. The van der Waals surface area contributed by atoms with E-state index in [4.69, 9.17) is 4.74 Å². The van der Waals surface area contributed by atoms with Crippen LogP contribution in [0.15, 0.2) is 54.6 Å². The Morgan fingerprint density at radius 2 is 1.65 bits per heavy atom. The van der Waals surface area contributed by atoms with Gasteiger partial charge in [-0.2, -0.15) is 0 Å². The van der Waals surface area contributed by atoms with E-state index in [0.29, 0.717) is 12.3 Å². The zero-order chi connectivity index (χ0) is 24.1. The third kappa shape index (κ3) is 5.39. The minimum Gasteiger partial charge on any atom is -0.462 e. The SMILES string of the molecule is CC1C(=O)N(c2ccccc2C(=O)OCC2CCCN(CCCc3ccccc3)C2)C(=O)C1C. The molecule has 2 aromatic carbocycles. The number of carbonyl (C=O) groups is 3. The van der Waals surface area contributed by atoms with Crippen molar-refractivity contribution in [2.45, 2.75) is 39.5 Å². The minimum atomic E-state index is -0.482. The van der Waals surface area contributed by atoms with Crippen LogP contribution in [0.5, 0.6) is 0 Å². The van der Waals surface area contributed by atoms with Gasteiger partial charge in [-0.1, -0.05) is 56.3 Å². The van der Waals surface area contributed by atoms with Crippen molar-refractivity contribution < 1.29 is 19.1 Å². The third-order valence-corrected chi connectivity index (χ3v) is 7.17. The molecule has 2 amide bonds. The van der Waals surface area contributed by atoms with E-state index in [-0.39, 0.29) is 23.3 Å². The number of benzene rings is 2. The fraction of sp³-hybridized carbons (Fsp3) is 0.464. The molecule has 3 unspecified atom stereocenters. The van der Waals surface area contributed by atoms with E-state index in [2.05, 4.69) is 29.2 Å². The topological polar surface area (TPSA) is 66.9 Å². The molecule has 0 aliphatic carbocycles. The van der Waals surface area contributed by atoms with Crippen molar-refractivity contribution in [2.75, 3.05) is 31.1 Å². The predicted molar refractivity (Wildman–Crippen MR) is 131 cm³/mol. The lowest BCUT2D eigenvalue weighted by Gasteiger charge is -2.32. The predicted octanol–water partition coefficient (Wildman–Crippen LogP) is 4.33. The maximum atomic E-state index is 13.0. The van der Waals surface area contributed by atoms with Gasteiger partial charge in [-0.25, -0.2) is 9.69 Å². The largest absolute Gasteiger partial charge is 0.462 e. The molecule has 2 heterocycles. The van der Waals surface area contributed by atoms with Crippen molar-refractivity contribution in [3.05, 3.63) is 65.7 Å². The van der Waals surface area contributed by atoms with Crippen molar-refractivity contribution in [2.24, 2.45) is 17.8 Å².